The van der Waals surface area contributed by atoms with E-state index in [2.05, 4.69) is 25.7 Å². The molecule has 1 saturated carbocycles. The molecular formula is C22H41NO4. The van der Waals surface area contributed by atoms with Crippen molar-refractivity contribution >= 4 is 5.78 Å². The van der Waals surface area contributed by atoms with Crippen molar-refractivity contribution in [3.63, 3.8) is 0 Å². The summed E-state index contributed by atoms with van der Waals surface area (Å²) in [6, 6.07) is 0. The van der Waals surface area contributed by atoms with Gasteiger partial charge < -0.3 is 19.5 Å². The quantitative estimate of drug-likeness (QED) is 0.428. The van der Waals surface area contributed by atoms with Gasteiger partial charge in [-0.1, -0.05) is 20.4 Å². The number of nitrogens with one attached hydrogen (secondary N) is 1. The van der Waals surface area contributed by atoms with Crippen LogP contribution in [-0.2, 0) is 19.0 Å². The van der Waals surface area contributed by atoms with Gasteiger partial charge in [-0.15, -0.1) is 0 Å². The molecule has 0 saturated heterocycles. The highest BCUT2D eigenvalue weighted by Crippen LogP contribution is 2.24. The van der Waals surface area contributed by atoms with E-state index in [1.54, 1.807) is 0 Å². The highest BCUT2D eigenvalue weighted by atomic mass is 16.5. The molecule has 27 heavy (non-hydrogen) atoms. The number of hydrogen-bond acceptors (Lipinski definition) is 5. The van der Waals surface area contributed by atoms with Crippen molar-refractivity contribution in [2.24, 2.45) is 5.92 Å². The Bertz CT molecular complexity index is 415. The highest BCUT2D eigenvalue weighted by molar-refractivity contribution is 5.80. The van der Waals surface area contributed by atoms with Crippen LogP contribution in [-0.4, -0.2) is 50.5 Å². The minimum atomic E-state index is 0.0946. The third-order valence-corrected chi connectivity index (χ3v) is 4.82. The van der Waals surface area contributed by atoms with Crippen molar-refractivity contribution < 1.29 is 19.0 Å². The Balaban J connectivity index is 1.92. The molecule has 0 bridgehead atoms. The number of allylic oxidation sites excluding steroid dienone is 1. The van der Waals surface area contributed by atoms with Gasteiger partial charge in [0.15, 0.2) is 0 Å². The minimum absolute atomic E-state index is 0.0946. The standard InChI is InChI=1S/C22H41NO4/c1-17(2)22(24)12-15-25-16-13-23-19(5)7-6-14-26-20-8-10-21(11-9-20)27-18(3)4/h17-18,20-21,23H,5-16H2,1-4H3. The Kier molecular flexibility index (Phi) is 12.6. The Morgan fingerprint density at radius 2 is 1.67 bits per heavy atom. The molecule has 0 radical (unpaired) electrons. The molecular weight excluding hydrogens is 342 g/mol. The number of carbonyl (C=O) groups is 1. The molecule has 0 aliphatic heterocycles. The second-order valence-corrected chi connectivity index (χ2v) is 8.07. The van der Waals surface area contributed by atoms with E-state index in [-0.39, 0.29) is 11.7 Å². The summed E-state index contributed by atoms with van der Waals surface area (Å²) in [4.78, 5) is 11.5. The van der Waals surface area contributed by atoms with Crippen molar-refractivity contribution in [1.29, 1.82) is 0 Å². The van der Waals surface area contributed by atoms with E-state index in [0.29, 0.717) is 37.9 Å². The van der Waals surface area contributed by atoms with E-state index in [1.807, 2.05) is 13.8 Å². The summed E-state index contributed by atoms with van der Waals surface area (Å²) in [5.41, 5.74) is 1.02. The lowest BCUT2D eigenvalue weighted by atomic mass is 9.95. The molecule has 158 valence electrons. The summed E-state index contributed by atoms with van der Waals surface area (Å²) in [6.07, 6.45) is 7.95. The maximum atomic E-state index is 11.5. The van der Waals surface area contributed by atoms with Gasteiger partial charge >= 0.3 is 0 Å². The Labute approximate surface area is 166 Å². The predicted octanol–water partition coefficient (Wildman–Crippen LogP) is 4.25. The normalized spacial score (nSPS) is 20.2. The fraction of sp³-hybridized carbons (Fsp3) is 0.864. The van der Waals surface area contributed by atoms with Gasteiger partial charge in [0.1, 0.15) is 5.78 Å². The van der Waals surface area contributed by atoms with Crippen LogP contribution >= 0.6 is 0 Å². The lowest BCUT2D eigenvalue weighted by Crippen LogP contribution is -2.28. The summed E-state index contributed by atoms with van der Waals surface area (Å²) in [7, 11) is 0. The highest BCUT2D eigenvalue weighted by Gasteiger charge is 2.22. The lowest BCUT2D eigenvalue weighted by Gasteiger charge is -2.29. The average Bonchev–Trinajstić information content (AvgIpc) is 2.62. The fourth-order valence-electron chi connectivity index (χ4n) is 3.21. The summed E-state index contributed by atoms with van der Waals surface area (Å²) in [6.45, 7) is 14.7. The van der Waals surface area contributed by atoms with E-state index < -0.39 is 0 Å². The second-order valence-electron chi connectivity index (χ2n) is 8.07. The molecule has 0 aromatic heterocycles. The Morgan fingerprint density at radius 3 is 2.30 bits per heavy atom. The van der Waals surface area contributed by atoms with E-state index in [0.717, 1.165) is 57.4 Å². The largest absolute Gasteiger partial charge is 0.387 e. The van der Waals surface area contributed by atoms with Crippen LogP contribution in [0.5, 0.6) is 0 Å². The van der Waals surface area contributed by atoms with E-state index in [1.165, 1.54) is 0 Å². The number of ether oxygens (including phenoxy) is 3. The molecule has 0 heterocycles. The van der Waals surface area contributed by atoms with E-state index in [4.69, 9.17) is 14.2 Å². The zero-order chi connectivity index (χ0) is 20.1. The molecule has 0 aromatic carbocycles. The average molecular weight is 384 g/mol. The third kappa shape index (κ3) is 12.2. The van der Waals surface area contributed by atoms with Gasteiger partial charge in [0.25, 0.3) is 0 Å². The zero-order valence-corrected chi connectivity index (χ0v) is 17.9. The van der Waals surface area contributed by atoms with Gasteiger partial charge in [-0.2, -0.15) is 0 Å². The molecule has 1 rings (SSSR count). The number of ketones is 1. The Hall–Kier alpha value is -0.910. The molecule has 1 N–H and O–H groups in total. The molecule has 5 heteroatoms. The van der Waals surface area contributed by atoms with Gasteiger partial charge in [-0.05, 0) is 52.4 Å². The second kappa shape index (κ2) is 14.1. The number of rotatable bonds is 15. The van der Waals surface area contributed by atoms with Crippen LogP contribution < -0.4 is 5.32 Å². The van der Waals surface area contributed by atoms with Gasteiger partial charge in [0.2, 0.25) is 0 Å². The zero-order valence-electron chi connectivity index (χ0n) is 17.9. The maximum Gasteiger partial charge on any atom is 0.137 e. The SMILES string of the molecule is C=C(CCCOC1CCC(OC(C)C)CC1)NCCOCCC(=O)C(C)C. The fourth-order valence-corrected chi connectivity index (χ4v) is 3.21. The topological polar surface area (TPSA) is 56.8 Å². The van der Waals surface area contributed by atoms with Crippen LogP contribution in [0.4, 0.5) is 0 Å². The van der Waals surface area contributed by atoms with Crippen LogP contribution in [0.3, 0.4) is 0 Å². The minimum Gasteiger partial charge on any atom is -0.387 e. The van der Waals surface area contributed by atoms with Crippen molar-refractivity contribution in [2.75, 3.05) is 26.4 Å². The molecule has 0 amide bonds. The summed E-state index contributed by atoms with van der Waals surface area (Å²) >= 11 is 0. The van der Waals surface area contributed by atoms with Crippen LogP contribution in [0.15, 0.2) is 12.3 Å². The van der Waals surface area contributed by atoms with Crippen molar-refractivity contribution in [3.05, 3.63) is 12.3 Å². The number of carbonyl (C=O) groups excluding carboxylic acids is 1. The molecule has 1 fully saturated rings. The summed E-state index contributed by atoms with van der Waals surface area (Å²) < 4.78 is 17.4. The molecule has 1 aliphatic carbocycles. The molecule has 0 unspecified atom stereocenters. The van der Waals surface area contributed by atoms with Crippen LogP contribution in [0, 0.1) is 5.92 Å². The van der Waals surface area contributed by atoms with Gasteiger partial charge in [-0.25, -0.2) is 0 Å². The molecule has 5 nitrogen and oxygen atoms in total. The smallest absolute Gasteiger partial charge is 0.137 e. The Morgan fingerprint density at radius 1 is 1.00 bits per heavy atom. The third-order valence-electron chi connectivity index (χ3n) is 4.82. The summed E-state index contributed by atoms with van der Waals surface area (Å²) in [5.74, 6) is 0.352. The first kappa shape index (κ1) is 24.1. The molecule has 0 atom stereocenters. The summed E-state index contributed by atoms with van der Waals surface area (Å²) in [5, 5.41) is 3.28. The van der Waals surface area contributed by atoms with Gasteiger partial charge in [0.05, 0.1) is 31.5 Å². The maximum absolute atomic E-state index is 11.5. The lowest BCUT2D eigenvalue weighted by molar-refractivity contribution is -0.122. The van der Waals surface area contributed by atoms with Crippen LogP contribution in [0.2, 0.25) is 0 Å². The molecule has 0 spiro atoms. The predicted molar refractivity (Wildman–Crippen MR) is 110 cm³/mol. The monoisotopic (exact) mass is 383 g/mol. The molecule has 0 aromatic rings. The first-order valence-corrected chi connectivity index (χ1v) is 10.7. The van der Waals surface area contributed by atoms with Crippen molar-refractivity contribution in [3.8, 4) is 0 Å². The van der Waals surface area contributed by atoms with Crippen LogP contribution in [0.25, 0.3) is 0 Å². The van der Waals surface area contributed by atoms with Crippen molar-refractivity contribution in [2.45, 2.75) is 91.0 Å². The van der Waals surface area contributed by atoms with Crippen LogP contribution in [0.1, 0.15) is 72.6 Å². The van der Waals surface area contributed by atoms with Gasteiger partial charge in [-0.3, -0.25) is 4.79 Å². The first-order chi connectivity index (χ1) is 12.9. The number of Topliss-reactive ketones (excluding diaryl/α,β-unsaturated/α-hetero) is 1. The van der Waals surface area contributed by atoms with Crippen molar-refractivity contribution in [1.82, 2.24) is 5.32 Å². The van der Waals surface area contributed by atoms with E-state index >= 15 is 0 Å². The molecule has 1 aliphatic rings. The van der Waals surface area contributed by atoms with Gasteiger partial charge in [0, 0.05) is 31.2 Å². The first-order valence-electron chi connectivity index (χ1n) is 10.7. The number of hydrogen-bond donors (Lipinski definition) is 1. The van der Waals surface area contributed by atoms with E-state index in [9.17, 15) is 4.79 Å².